The van der Waals surface area contributed by atoms with Crippen LogP contribution in [-0.2, 0) is 19.2 Å². The maximum absolute atomic E-state index is 13.7. The zero-order chi connectivity index (χ0) is 25.8. The topological polar surface area (TPSA) is 131 Å². The van der Waals surface area contributed by atoms with E-state index in [0.717, 1.165) is 0 Å². The Balaban J connectivity index is 2.23. The van der Waals surface area contributed by atoms with Crippen LogP contribution in [0.4, 0.5) is 0 Å². The number of likely N-dealkylation sites (tertiary alicyclic amines) is 1. The summed E-state index contributed by atoms with van der Waals surface area (Å²) in [6.07, 6.45) is 3.06. The maximum Gasteiger partial charge on any atom is 0.246 e. The van der Waals surface area contributed by atoms with Crippen molar-refractivity contribution >= 4 is 23.6 Å². The molecule has 2 aliphatic heterocycles. The molecule has 2 fully saturated rings. The summed E-state index contributed by atoms with van der Waals surface area (Å²) in [5.74, 6) is -1.75. The largest absolute Gasteiger partial charge is 0.356 e. The highest BCUT2D eigenvalue weighted by Crippen LogP contribution is 2.30. The van der Waals surface area contributed by atoms with E-state index in [0.29, 0.717) is 25.9 Å². The maximum atomic E-state index is 13.7. The Morgan fingerprint density at radius 1 is 1.21 bits per heavy atom. The molecule has 2 aliphatic rings. The molecule has 5 atom stereocenters. The molecule has 9 heteroatoms. The van der Waals surface area contributed by atoms with E-state index in [1.54, 1.807) is 26.8 Å². The fourth-order valence-electron chi connectivity index (χ4n) is 4.36. The average molecular weight is 474 g/mol. The average Bonchev–Trinajstić information content (AvgIpc) is 3.35. The summed E-state index contributed by atoms with van der Waals surface area (Å²) in [6, 6.07) is -0.437. The van der Waals surface area contributed by atoms with E-state index in [2.05, 4.69) is 28.6 Å². The van der Waals surface area contributed by atoms with Crippen LogP contribution < -0.4 is 16.0 Å². The fraction of sp³-hybridized carbons (Fsp3) is 0.720. The molecule has 2 rings (SSSR count). The lowest BCUT2D eigenvalue weighted by Gasteiger charge is -2.37. The van der Waals surface area contributed by atoms with Gasteiger partial charge < -0.3 is 20.9 Å². The van der Waals surface area contributed by atoms with Gasteiger partial charge in [-0.15, -0.1) is 6.58 Å². The Kier molecular flexibility index (Phi) is 8.51. The summed E-state index contributed by atoms with van der Waals surface area (Å²) >= 11 is 0. The van der Waals surface area contributed by atoms with E-state index in [1.165, 1.54) is 4.90 Å². The standard InChI is InChI=1S/C25H39N5O4/c1-8-15-10-12-30(22(33)19(24(2,3)4)29-23(34)25(5,6)7)18(15)21(32)28-17(14-26)13-16-9-11-27-20(16)31/h8,15-19H,1,9-13H2,2-7H3,(H,27,31)(H,28,32)(H,29,34)/t15-,16-,17-,18-,19+/m0/s1. The van der Waals surface area contributed by atoms with Gasteiger partial charge in [0.25, 0.3) is 0 Å². The highest BCUT2D eigenvalue weighted by Gasteiger charge is 2.46. The number of amides is 4. The third kappa shape index (κ3) is 6.37. The number of nitriles is 1. The number of carbonyl (C=O) groups is 4. The van der Waals surface area contributed by atoms with Gasteiger partial charge in [-0.25, -0.2) is 0 Å². The summed E-state index contributed by atoms with van der Waals surface area (Å²) in [5.41, 5.74) is -1.27. The summed E-state index contributed by atoms with van der Waals surface area (Å²) in [6.45, 7) is 15.7. The van der Waals surface area contributed by atoms with Crippen LogP contribution in [0.25, 0.3) is 0 Å². The van der Waals surface area contributed by atoms with Crippen LogP contribution in [0.1, 0.15) is 60.8 Å². The van der Waals surface area contributed by atoms with Gasteiger partial charge in [0.2, 0.25) is 23.6 Å². The van der Waals surface area contributed by atoms with Crippen LogP contribution in [0.15, 0.2) is 12.7 Å². The molecule has 4 amide bonds. The predicted octanol–water partition coefficient (Wildman–Crippen LogP) is 1.50. The van der Waals surface area contributed by atoms with E-state index < -0.39 is 34.9 Å². The molecule has 0 radical (unpaired) electrons. The zero-order valence-corrected chi connectivity index (χ0v) is 21.2. The van der Waals surface area contributed by atoms with Gasteiger partial charge in [-0.3, -0.25) is 19.2 Å². The second-order valence-electron chi connectivity index (χ2n) is 11.4. The summed E-state index contributed by atoms with van der Waals surface area (Å²) in [7, 11) is 0. The van der Waals surface area contributed by atoms with Gasteiger partial charge in [-0.1, -0.05) is 47.6 Å². The molecule has 0 saturated carbocycles. The van der Waals surface area contributed by atoms with Crippen molar-refractivity contribution in [2.24, 2.45) is 22.7 Å². The van der Waals surface area contributed by atoms with E-state index in [9.17, 15) is 24.4 Å². The second kappa shape index (κ2) is 10.6. The van der Waals surface area contributed by atoms with Crippen LogP contribution in [0.5, 0.6) is 0 Å². The van der Waals surface area contributed by atoms with E-state index in [1.807, 2.05) is 20.8 Å². The van der Waals surface area contributed by atoms with Gasteiger partial charge in [0.15, 0.2) is 0 Å². The van der Waals surface area contributed by atoms with Gasteiger partial charge in [0, 0.05) is 30.3 Å². The fourth-order valence-corrected chi connectivity index (χ4v) is 4.36. The van der Waals surface area contributed by atoms with Gasteiger partial charge in [-0.05, 0) is 24.7 Å². The lowest BCUT2D eigenvalue weighted by atomic mass is 9.84. The van der Waals surface area contributed by atoms with Crippen molar-refractivity contribution < 1.29 is 19.2 Å². The highest BCUT2D eigenvalue weighted by molar-refractivity contribution is 5.94. The Labute approximate surface area is 202 Å². The zero-order valence-electron chi connectivity index (χ0n) is 21.2. The van der Waals surface area contributed by atoms with Gasteiger partial charge in [0.1, 0.15) is 18.1 Å². The monoisotopic (exact) mass is 473 g/mol. The molecule has 0 aromatic heterocycles. The van der Waals surface area contributed by atoms with Crippen molar-refractivity contribution in [1.82, 2.24) is 20.9 Å². The molecule has 0 unspecified atom stereocenters. The van der Waals surface area contributed by atoms with Crippen molar-refractivity contribution in [3.63, 3.8) is 0 Å². The summed E-state index contributed by atoms with van der Waals surface area (Å²) < 4.78 is 0. The summed E-state index contributed by atoms with van der Waals surface area (Å²) in [4.78, 5) is 53.1. The first kappa shape index (κ1) is 27.4. The molecule has 0 spiro atoms. The number of nitrogens with one attached hydrogen (secondary N) is 3. The first-order valence-corrected chi connectivity index (χ1v) is 11.9. The lowest BCUT2D eigenvalue weighted by molar-refractivity contribution is -0.145. The van der Waals surface area contributed by atoms with Gasteiger partial charge in [0.05, 0.1) is 6.07 Å². The molecule has 3 N–H and O–H groups in total. The molecule has 0 bridgehead atoms. The number of hydrogen-bond donors (Lipinski definition) is 3. The first-order chi connectivity index (χ1) is 15.7. The molecule has 188 valence electrons. The van der Waals surface area contributed by atoms with Crippen LogP contribution in [-0.4, -0.2) is 59.7 Å². The van der Waals surface area contributed by atoms with Crippen LogP contribution in [0.3, 0.4) is 0 Å². The Morgan fingerprint density at radius 2 is 1.85 bits per heavy atom. The van der Waals surface area contributed by atoms with Crippen molar-refractivity contribution in [1.29, 1.82) is 5.26 Å². The van der Waals surface area contributed by atoms with Crippen LogP contribution >= 0.6 is 0 Å². The van der Waals surface area contributed by atoms with E-state index >= 15 is 0 Å². The molecule has 2 heterocycles. The number of carbonyl (C=O) groups excluding carboxylic acids is 4. The smallest absolute Gasteiger partial charge is 0.246 e. The Morgan fingerprint density at radius 3 is 2.32 bits per heavy atom. The third-order valence-corrected chi connectivity index (χ3v) is 6.52. The molecule has 0 aliphatic carbocycles. The number of hydrogen-bond acceptors (Lipinski definition) is 5. The Bertz CT molecular complexity index is 864. The van der Waals surface area contributed by atoms with E-state index in [4.69, 9.17) is 0 Å². The van der Waals surface area contributed by atoms with Crippen molar-refractivity contribution in [3.8, 4) is 6.07 Å². The highest BCUT2D eigenvalue weighted by atomic mass is 16.2. The van der Waals surface area contributed by atoms with Crippen molar-refractivity contribution in [2.45, 2.75) is 78.9 Å². The summed E-state index contributed by atoms with van der Waals surface area (Å²) in [5, 5.41) is 18.0. The molecular formula is C25H39N5O4. The molecule has 34 heavy (non-hydrogen) atoms. The lowest BCUT2D eigenvalue weighted by Crippen LogP contribution is -2.60. The molecule has 0 aromatic rings. The molecule has 0 aromatic carbocycles. The molecule has 2 saturated heterocycles. The van der Waals surface area contributed by atoms with E-state index in [-0.39, 0.29) is 36.0 Å². The predicted molar refractivity (Wildman–Crippen MR) is 128 cm³/mol. The van der Waals surface area contributed by atoms with Crippen molar-refractivity contribution in [2.75, 3.05) is 13.1 Å². The van der Waals surface area contributed by atoms with Crippen LogP contribution in [0, 0.1) is 34.0 Å². The minimum absolute atomic E-state index is 0.112. The number of rotatable bonds is 7. The minimum Gasteiger partial charge on any atom is -0.356 e. The third-order valence-electron chi connectivity index (χ3n) is 6.52. The molecular weight excluding hydrogens is 434 g/mol. The Hall–Kier alpha value is -2.89. The van der Waals surface area contributed by atoms with Gasteiger partial charge >= 0.3 is 0 Å². The normalized spacial score (nSPS) is 24.6. The number of nitrogens with zero attached hydrogens (tertiary/aromatic N) is 2. The quantitative estimate of drug-likeness (QED) is 0.482. The second-order valence-corrected chi connectivity index (χ2v) is 11.4. The SMILES string of the molecule is C=C[C@H]1CCN(C(=O)[C@@H](NC(=O)C(C)(C)C)C(C)(C)C)[C@@H]1C(=O)N[C@H](C#N)C[C@@H]1CCNC1=O. The van der Waals surface area contributed by atoms with Crippen LogP contribution in [0.2, 0.25) is 0 Å². The van der Waals surface area contributed by atoms with Gasteiger partial charge in [-0.2, -0.15) is 5.26 Å². The minimum atomic E-state index is -0.844. The van der Waals surface area contributed by atoms with Crippen molar-refractivity contribution in [3.05, 3.63) is 12.7 Å². The molecule has 9 nitrogen and oxygen atoms in total. The first-order valence-electron chi connectivity index (χ1n) is 11.9.